The molecule has 1 fully saturated rings. The number of phenols is 1. The zero-order valence-corrected chi connectivity index (χ0v) is 15.1. The first-order valence-electron chi connectivity index (χ1n) is 8.46. The number of hydrogen-bond acceptors (Lipinski definition) is 3. The fourth-order valence-corrected chi connectivity index (χ4v) is 3.10. The summed E-state index contributed by atoms with van der Waals surface area (Å²) >= 11 is 0. The maximum Gasteiger partial charge on any atom is 0.311 e. The third kappa shape index (κ3) is 3.25. The van der Waals surface area contributed by atoms with Crippen molar-refractivity contribution >= 4 is 11.9 Å². The zero-order valence-electron chi connectivity index (χ0n) is 15.1. The van der Waals surface area contributed by atoms with Crippen LogP contribution in [0.5, 0.6) is 5.75 Å². The van der Waals surface area contributed by atoms with Gasteiger partial charge in [-0.2, -0.15) is 0 Å². The van der Waals surface area contributed by atoms with Gasteiger partial charge in [-0.1, -0.05) is 33.8 Å². The first-order chi connectivity index (χ1) is 11.1. The molecule has 1 heterocycles. The Kier molecular flexibility index (Phi) is 4.92. The van der Waals surface area contributed by atoms with Gasteiger partial charge in [0.2, 0.25) is 0 Å². The minimum atomic E-state index is -0.915. The lowest BCUT2D eigenvalue weighted by Crippen LogP contribution is -2.35. The Balaban J connectivity index is 2.41. The maximum absolute atomic E-state index is 12.9. The van der Waals surface area contributed by atoms with Crippen molar-refractivity contribution in [2.45, 2.75) is 52.9 Å². The number of amides is 1. The Bertz CT molecular complexity index is 666. The number of carboxylic acids is 1. The van der Waals surface area contributed by atoms with Crippen LogP contribution in [-0.4, -0.2) is 40.1 Å². The van der Waals surface area contributed by atoms with Gasteiger partial charge in [0.25, 0.3) is 5.91 Å². The molecule has 0 radical (unpaired) electrons. The fraction of sp³-hybridized carbons (Fsp3) is 0.579. The summed E-state index contributed by atoms with van der Waals surface area (Å²) in [5.74, 6) is -0.832. The summed E-state index contributed by atoms with van der Waals surface area (Å²) in [5.41, 5.74) is 1.12. The molecule has 5 heteroatoms. The molecule has 1 aromatic rings. The van der Waals surface area contributed by atoms with Gasteiger partial charge in [-0.3, -0.25) is 9.59 Å². The Morgan fingerprint density at radius 1 is 1.17 bits per heavy atom. The normalized spacial score (nSPS) is 20.9. The van der Waals surface area contributed by atoms with Crippen molar-refractivity contribution in [3.8, 4) is 5.75 Å². The molecule has 1 aliphatic heterocycles. The topological polar surface area (TPSA) is 77.8 Å². The quantitative estimate of drug-likeness (QED) is 0.883. The summed E-state index contributed by atoms with van der Waals surface area (Å²) in [6.45, 7) is 10.3. The minimum Gasteiger partial charge on any atom is -0.507 e. The molecule has 1 unspecified atom stereocenters. The number of aromatic hydroxyl groups is 1. The lowest BCUT2D eigenvalue weighted by molar-refractivity contribution is -0.147. The third-order valence-corrected chi connectivity index (χ3v) is 4.96. The van der Waals surface area contributed by atoms with Gasteiger partial charge in [0.1, 0.15) is 5.75 Å². The second-order valence-electron chi connectivity index (χ2n) is 7.66. The van der Waals surface area contributed by atoms with Crippen molar-refractivity contribution in [2.75, 3.05) is 13.1 Å². The van der Waals surface area contributed by atoms with E-state index in [1.165, 1.54) is 4.90 Å². The van der Waals surface area contributed by atoms with E-state index in [0.29, 0.717) is 13.0 Å². The van der Waals surface area contributed by atoms with Gasteiger partial charge < -0.3 is 15.1 Å². The molecule has 1 aromatic carbocycles. The van der Waals surface area contributed by atoms with Gasteiger partial charge in [-0.05, 0) is 42.4 Å². The van der Waals surface area contributed by atoms with E-state index >= 15 is 0 Å². The van der Waals surface area contributed by atoms with Crippen LogP contribution in [0.15, 0.2) is 12.1 Å². The van der Waals surface area contributed by atoms with E-state index in [2.05, 4.69) is 0 Å². The van der Waals surface area contributed by atoms with E-state index in [0.717, 1.165) is 11.1 Å². The van der Waals surface area contributed by atoms with E-state index in [-0.39, 0.29) is 35.6 Å². The highest BCUT2D eigenvalue weighted by molar-refractivity contribution is 5.98. The molecule has 1 aliphatic rings. The second kappa shape index (κ2) is 6.46. The highest BCUT2D eigenvalue weighted by atomic mass is 16.4. The molecule has 2 rings (SSSR count). The highest BCUT2D eigenvalue weighted by Gasteiger charge is 2.42. The SMILES string of the molecule is CC(C)c1cc(C(=O)N2CCC(C)(C(=O)O)C2)c(O)c(C(C)C)c1. The smallest absolute Gasteiger partial charge is 0.311 e. The average Bonchev–Trinajstić information content (AvgIpc) is 2.90. The molecule has 1 amide bonds. The number of hydrogen-bond donors (Lipinski definition) is 2. The van der Waals surface area contributed by atoms with Crippen molar-refractivity contribution in [3.63, 3.8) is 0 Å². The number of nitrogens with zero attached hydrogens (tertiary/aromatic N) is 1. The van der Waals surface area contributed by atoms with Crippen molar-refractivity contribution in [2.24, 2.45) is 5.41 Å². The number of benzene rings is 1. The standard InChI is InChI=1S/C19H27NO4/c1-11(2)13-8-14(12(3)4)16(21)15(9-13)17(22)20-7-6-19(5,10-20)18(23)24/h8-9,11-12,21H,6-7,10H2,1-5H3,(H,23,24). The Labute approximate surface area is 143 Å². The summed E-state index contributed by atoms with van der Waals surface area (Å²) < 4.78 is 0. The van der Waals surface area contributed by atoms with Crippen LogP contribution in [-0.2, 0) is 4.79 Å². The summed E-state index contributed by atoms with van der Waals surface area (Å²) in [6, 6.07) is 3.69. The molecular formula is C19H27NO4. The largest absolute Gasteiger partial charge is 0.507 e. The minimum absolute atomic E-state index is 0.0170. The van der Waals surface area contributed by atoms with Crippen LogP contribution in [0, 0.1) is 5.41 Å². The second-order valence-corrected chi connectivity index (χ2v) is 7.66. The molecule has 0 aromatic heterocycles. The molecule has 24 heavy (non-hydrogen) atoms. The number of rotatable bonds is 4. The Morgan fingerprint density at radius 2 is 1.79 bits per heavy atom. The van der Waals surface area contributed by atoms with Crippen LogP contribution in [0.4, 0.5) is 0 Å². The Morgan fingerprint density at radius 3 is 2.25 bits per heavy atom. The summed E-state index contributed by atoms with van der Waals surface area (Å²) in [7, 11) is 0. The van der Waals surface area contributed by atoms with Crippen LogP contribution in [0.3, 0.4) is 0 Å². The first-order valence-corrected chi connectivity index (χ1v) is 8.46. The number of likely N-dealkylation sites (tertiary alicyclic amines) is 1. The van der Waals surface area contributed by atoms with Gasteiger partial charge in [0.15, 0.2) is 0 Å². The van der Waals surface area contributed by atoms with Crippen LogP contribution >= 0.6 is 0 Å². The zero-order chi connectivity index (χ0) is 18.2. The van der Waals surface area contributed by atoms with E-state index < -0.39 is 11.4 Å². The monoisotopic (exact) mass is 333 g/mol. The Hall–Kier alpha value is -2.04. The van der Waals surface area contributed by atoms with E-state index in [1.807, 2.05) is 33.8 Å². The maximum atomic E-state index is 12.9. The molecule has 1 saturated heterocycles. The number of aliphatic carboxylic acids is 1. The first kappa shape index (κ1) is 18.3. The number of phenolic OH excluding ortho intramolecular Hbond substituents is 1. The predicted octanol–water partition coefficient (Wildman–Crippen LogP) is 3.58. The van der Waals surface area contributed by atoms with Gasteiger partial charge in [0, 0.05) is 13.1 Å². The summed E-state index contributed by atoms with van der Waals surface area (Å²) in [4.78, 5) is 25.8. The molecule has 0 bridgehead atoms. The average molecular weight is 333 g/mol. The lowest BCUT2D eigenvalue weighted by Gasteiger charge is -2.22. The van der Waals surface area contributed by atoms with E-state index in [1.54, 1.807) is 13.0 Å². The predicted molar refractivity (Wildman–Crippen MR) is 92.5 cm³/mol. The molecule has 0 spiro atoms. The molecule has 0 saturated carbocycles. The summed E-state index contributed by atoms with van der Waals surface area (Å²) in [6.07, 6.45) is 0.426. The highest BCUT2D eigenvalue weighted by Crippen LogP contribution is 2.36. The van der Waals surface area contributed by atoms with Crippen molar-refractivity contribution in [1.29, 1.82) is 0 Å². The molecule has 0 aliphatic carbocycles. The van der Waals surface area contributed by atoms with E-state index in [4.69, 9.17) is 0 Å². The fourth-order valence-electron chi connectivity index (χ4n) is 3.10. The van der Waals surface area contributed by atoms with Crippen molar-refractivity contribution in [1.82, 2.24) is 4.90 Å². The van der Waals surface area contributed by atoms with E-state index in [9.17, 15) is 19.8 Å². The van der Waals surface area contributed by atoms with Gasteiger partial charge in [0.05, 0.1) is 11.0 Å². The van der Waals surface area contributed by atoms with Crippen molar-refractivity contribution in [3.05, 3.63) is 28.8 Å². The number of carbonyl (C=O) groups is 2. The summed E-state index contributed by atoms with van der Waals surface area (Å²) in [5, 5.41) is 19.9. The lowest BCUT2D eigenvalue weighted by atomic mass is 9.90. The molecule has 1 atom stereocenters. The number of carbonyl (C=O) groups excluding carboxylic acids is 1. The van der Waals surface area contributed by atoms with Gasteiger partial charge >= 0.3 is 5.97 Å². The van der Waals surface area contributed by atoms with Gasteiger partial charge in [-0.25, -0.2) is 0 Å². The van der Waals surface area contributed by atoms with Crippen LogP contribution < -0.4 is 0 Å². The van der Waals surface area contributed by atoms with Crippen LogP contribution in [0.2, 0.25) is 0 Å². The number of carboxylic acid groups (broad SMARTS) is 1. The molecular weight excluding hydrogens is 306 g/mol. The third-order valence-electron chi connectivity index (χ3n) is 4.96. The molecule has 5 nitrogen and oxygen atoms in total. The molecule has 2 N–H and O–H groups in total. The molecule has 132 valence electrons. The van der Waals surface area contributed by atoms with Crippen molar-refractivity contribution < 1.29 is 19.8 Å². The van der Waals surface area contributed by atoms with Crippen LogP contribution in [0.25, 0.3) is 0 Å². The van der Waals surface area contributed by atoms with Crippen LogP contribution in [0.1, 0.15) is 74.4 Å². The van der Waals surface area contributed by atoms with Gasteiger partial charge in [-0.15, -0.1) is 0 Å².